The first-order chi connectivity index (χ1) is 12.1. The van der Waals surface area contributed by atoms with Crippen LogP contribution in [0.15, 0.2) is 42.7 Å². The van der Waals surface area contributed by atoms with Crippen LogP contribution >= 0.6 is 0 Å². The van der Waals surface area contributed by atoms with Gasteiger partial charge in [-0.25, -0.2) is 0 Å². The average Bonchev–Trinajstić information content (AvgIpc) is 2.67. The SMILES string of the molecule is CC(c1cccnc1)N1CCN(c2cc(C#N)ccc2[N+](=O)[O-])CC1. The van der Waals surface area contributed by atoms with Crippen LogP contribution in [-0.4, -0.2) is 41.0 Å². The Hall–Kier alpha value is -2.98. The molecule has 1 atom stereocenters. The van der Waals surface area contributed by atoms with E-state index in [1.807, 2.05) is 17.2 Å². The Kier molecular flexibility index (Phi) is 4.91. The summed E-state index contributed by atoms with van der Waals surface area (Å²) >= 11 is 0. The Morgan fingerprint density at radius 1 is 1.28 bits per heavy atom. The van der Waals surface area contributed by atoms with Gasteiger partial charge in [0.05, 0.1) is 16.6 Å². The van der Waals surface area contributed by atoms with E-state index in [1.165, 1.54) is 12.1 Å². The van der Waals surface area contributed by atoms with Crippen LogP contribution in [0.4, 0.5) is 11.4 Å². The van der Waals surface area contributed by atoms with Crippen LogP contribution in [-0.2, 0) is 0 Å². The van der Waals surface area contributed by atoms with Gasteiger partial charge < -0.3 is 4.90 Å². The number of piperazine rings is 1. The lowest BCUT2D eigenvalue weighted by Gasteiger charge is -2.39. The van der Waals surface area contributed by atoms with Crippen LogP contribution in [0.25, 0.3) is 0 Å². The Balaban J connectivity index is 1.74. The molecular weight excluding hydrogens is 318 g/mol. The van der Waals surface area contributed by atoms with Gasteiger partial charge in [0.15, 0.2) is 0 Å². The van der Waals surface area contributed by atoms with Gasteiger partial charge in [0.2, 0.25) is 0 Å². The van der Waals surface area contributed by atoms with Crippen molar-refractivity contribution >= 4 is 11.4 Å². The first-order valence-electron chi connectivity index (χ1n) is 8.17. The van der Waals surface area contributed by atoms with Crippen molar-refractivity contribution in [1.82, 2.24) is 9.88 Å². The van der Waals surface area contributed by atoms with Gasteiger partial charge in [-0.3, -0.25) is 20.0 Å². The number of anilines is 1. The number of nitro benzene ring substituents is 1. The summed E-state index contributed by atoms with van der Waals surface area (Å²) in [5, 5.41) is 20.4. The summed E-state index contributed by atoms with van der Waals surface area (Å²) in [4.78, 5) is 19.4. The summed E-state index contributed by atoms with van der Waals surface area (Å²) in [6, 6.07) is 10.8. The molecule has 0 bridgehead atoms. The average molecular weight is 337 g/mol. The molecule has 1 aliphatic rings. The molecule has 128 valence electrons. The second-order valence-corrected chi connectivity index (χ2v) is 6.06. The van der Waals surface area contributed by atoms with Crippen molar-refractivity contribution in [3.05, 3.63) is 64.0 Å². The zero-order chi connectivity index (χ0) is 17.8. The second-order valence-electron chi connectivity index (χ2n) is 6.06. The number of benzene rings is 1. The highest BCUT2D eigenvalue weighted by molar-refractivity contribution is 5.66. The van der Waals surface area contributed by atoms with E-state index in [2.05, 4.69) is 28.9 Å². The van der Waals surface area contributed by atoms with Crippen LogP contribution in [0, 0.1) is 21.4 Å². The number of rotatable bonds is 4. The third-order valence-corrected chi connectivity index (χ3v) is 4.67. The number of hydrogen-bond acceptors (Lipinski definition) is 6. The molecule has 1 saturated heterocycles. The summed E-state index contributed by atoms with van der Waals surface area (Å²) in [6.07, 6.45) is 3.63. The molecule has 0 aliphatic carbocycles. The predicted octanol–water partition coefficient (Wildman–Crippen LogP) is 2.74. The number of pyridine rings is 1. The van der Waals surface area contributed by atoms with E-state index >= 15 is 0 Å². The predicted molar refractivity (Wildman–Crippen MR) is 94.2 cm³/mol. The van der Waals surface area contributed by atoms with E-state index < -0.39 is 0 Å². The van der Waals surface area contributed by atoms with E-state index in [0.29, 0.717) is 24.3 Å². The highest BCUT2D eigenvalue weighted by Crippen LogP contribution is 2.31. The molecule has 7 nitrogen and oxygen atoms in total. The van der Waals surface area contributed by atoms with Gasteiger partial charge in [0.25, 0.3) is 5.69 Å². The maximum absolute atomic E-state index is 11.3. The first-order valence-corrected chi connectivity index (χ1v) is 8.17. The molecule has 7 heteroatoms. The Morgan fingerprint density at radius 2 is 2.04 bits per heavy atom. The molecule has 0 spiro atoms. The summed E-state index contributed by atoms with van der Waals surface area (Å²) < 4.78 is 0. The fourth-order valence-electron chi connectivity index (χ4n) is 3.18. The highest BCUT2D eigenvalue weighted by Gasteiger charge is 2.26. The molecule has 0 saturated carbocycles. The highest BCUT2D eigenvalue weighted by atomic mass is 16.6. The van der Waals surface area contributed by atoms with Crippen molar-refractivity contribution in [2.24, 2.45) is 0 Å². The molecule has 25 heavy (non-hydrogen) atoms. The van der Waals surface area contributed by atoms with Crippen LogP contribution in [0.5, 0.6) is 0 Å². The maximum atomic E-state index is 11.3. The number of hydrogen-bond donors (Lipinski definition) is 0. The van der Waals surface area contributed by atoms with Crippen LogP contribution in [0.3, 0.4) is 0 Å². The summed E-state index contributed by atoms with van der Waals surface area (Å²) in [5.74, 6) is 0. The minimum absolute atomic E-state index is 0.0488. The second kappa shape index (κ2) is 7.28. The molecule has 0 radical (unpaired) electrons. The van der Waals surface area contributed by atoms with Crippen molar-refractivity contribution in [2.75, 3.05) is 31.1 Å². The number of aromatic nitrogens is 1. The molecule has 3 rings (SSSR count). The van der Waals surface area contributed by atoms with Crippen molar-refractivity contribution < 1.29 is 4.92 Å². The lowest BCUT2D eigenvalue weighted by molar-refractivity contribution is -0.384. The van der Waals surface area contributed by atoms with Gasteiger partial charge in [0, 0.05) is 50.7 Å². The fraction of sp³-hybridized carbons (Fsp3) is 0.333. The molecular formula is C18H19N5O2. The smallest absolute Gasteiger partial charge is 0.292 e. The van der Waals surface area contributed by atoms with Gasteiger partial charge in [-0.15, -0.1) is 0 Å². The number of nitrogens with zero attached hydrogens (tertiary/aromatic N) is 5. The Morgan fingerprint density at radius 3 is 2.64 bits per heavy atom. The van der Waals surface area contributed by atoms with Gasteiger partial charge >= 0.3 is 0 Å². The summed E-state index contributed by atoms with van der Waals surface area (Å²) in [7, 11) is 0. The first kappa shape index (κ1) is 16.9. The zero-order valence-corrected chi connectivity index (χ0v) is 14.0. The van der Waals surface area contributed by atoms with Crippen molar-refractivity contribution in [3.8, 4) is 6.07 Å². The van der Waals surface area contributed by atoms with Crippen LogP contribution in [0.1, 0.15) is 24.1 Å². The molecule has 2 heterocycles. The van der Waals surface area contributed by atoms with Gasteiger partial charge in [-0.2, -0.15) is 5.26 Å². The molecule has 1 fully saturated rings. The lowest BCUT2D eigenvalue weighted by atomic mass is 10.1. The largest absolute Gasteiger partial charge is 0.363 e. The van der Waals surface area contributed by atoms with Crippen molar-refractivity contribution in [1.29, 1.82) is 5.26 Å². The fourth-order valence-corrected chi connectivity index (χ4v) is 3.18. The molecule has 2 aromatic rings. The van der Waals surface area contributed by atoms with E-state index in [4.69, 9.17) is 5.26 Å². The monoisotopic (exact) mass is 337 g/mol. The third-order valence-electron chi connectivity index (χ3n) is 4.67. The molecule has 1 aromatic heterocycles. The van der Waals surface area contributed by atoms with Gasteiger partial charge in [-0.1, -0.05) is 6.07 Å². The van der Waals surface area contributed by atoms with E-state index in [-0.39, 0.29) is 16.7 Å². The molecule has 0 amide bonds. The van der Waals surface area contributed by atoms with Crippen molar-refractivity contribution in [3.63, 3.8) is 0 Å². The number of nitro groups is 1. The van der Waals surface area contributed by atoms with E-state index in [1.54, 1.807) is 12.3 Å². The normalized spacial score (nSPS) is 16.2. The quantitative estimate of drug-likeness (QED) is 0.630. The Labute approximate surface area is 146 Å². The minimum atomic E-state index is -0.388. The topological polar surface area (TPSA) is 86.3 Å². The summed E-state index contributed by atoms with van der Waals surface area (Å²) in [5.41, 5.74) is 2.17. The third kappa shape index (κ3) is 3.59. The number of nitriles is 1. The molecule has 1 aliphatic heterocycles. The Bertz CT molecular complexity index is 795. The van der Waals surface area contributed by atoms with Crippen LogP contribution in [0.2, 0.25) is 0 Å². The molecule has 1 aromatic carbocycles. The zero-order valence-electron chi connectivity index (χ0n) is 14.0. The lowest BCUT2D eigenvalue weighted by Crippen LogP contribution is -2.47. The van der Waals surface area contributed by atoms with E-state index in [0.717, 1.165) is 18.7 Å². The van der Waals surface area contributed by atoms with Crippen LogP contribution < -0.4 is 4.90 Å². The molecule has 1 unspecified atom stereocenters. The minimum Gasteiger partial charge on any atom is -0.363 e. The van der Waals surface area contributed by atoms with E-state index in [9.17, 15) is 10.1 Å². The van der Waals surface area contributed by atoms with Gasteiger partial charge in [0.1, 0.15) is 5.69 Å². The van der Waals surface area contributed by atoms with Gasteiger partial charge in [-0.05, 0) is 30.7 Å². The van der Waals surface area contributed by atoms with Crippen molar-refractivity contribution in [2.45, 2.75) is 13.0 Å². The standard InChI is InChI=1S/C18H19N5O2/c1-14(16-3-2-6-20-13-16)21-7-9-22(10-8-21)18-11-15(12-19)4-5-17(18)23(24)25/h2-6,11,13-14H,7-10H2,1H3. The molecule has 0 N–H and O–H groups in total. The summed E-state index contributed by atoms with van der Waals surface area (Å²) in [6.45, 7) is 5.10. The maximum Gasteiger partial charge on any atom is 0.292 e.